The number of ether oxygens (including phenoxy) is 1. The van der Waals surface area contributed by atoms with Crippen LogP contribution < -0.4 is 10.5 Å². The third-order valence-corrected chi connectivity index (χ3v) is 1.31. The smallest absolute Gasteiger partial charge is 0.506 e. The number of rotatable bonds is 1. The van der Waals surface area contributed by atoms with E-state index in [9.17, 15) is 17.6 Å². The highest BCUT2D eigenvalue weighted by Crippen LogP contribution is 2.32. The van der Waals surface area contributed by atoms with Crippen molar-refractivity contribution in [1.29, 1.82) is 0 Å². The van der Waals surface area contributed by atoms with Crippen molar-refractivity contribution in [2.75, 3.05) is 5.73 Å². The van der Waals surface area contributed by atoms with Crippen molar-refractivity contribution >= 4 is 5.69 Å². The number of hydrogen-bond donors (Lipinski definition) is 2. The molecule has 3 nitrogen and oxygen atoms in total. The fourth-order valence-electron chi connectivity index (χ4n) is 0.761. The van der Waals surface area contributed by atoms with Crippen LogP contribution in [0.15, 0.2) is 12.1 Å². The zero-order valence-corrected chi connectivity index (χ0v) is 6.60. The first-order valence-electron chi connectivity index (χ1n) is 3.33. The molecule has 0 radical (unpaired) electrons. The zero-order chi connectivity index (χ0) is 10.9. The summed E-state index contributed by atoms with van der Waals surface area (Å²) in [6.45, 7) is 0. The lowest BCUT2D eigenvalue weighted by Crippen LogP contribution is -2.18. The number of halogens is 4. The first-order chi connectivity index (χ1) is 6.29. The molecule has 1 aromatic carbocycles. The van der Waals surface area contributed by atoms with Gasteiger partial charge in [0.05, 0.1) is 5.69 Å². The number of nitrogens with two attached hydrogens (primary N) is 1. The summed E-state index contributed by atoms with van der Waals surface area (Å²) in [5.41, 5.74) is 4.66. The van der Waals surface area contributed by atoms with Crippen molar-refractivity contribution in [1.82, 2.24) is 0 Å². The summed E-state index contributed by atoms with van der Waals surface area (Å²) >= 11 is 0. The number of anilines is 1. The van der Waals surface area contributed by atoms with Crippen LogP contribution in [-0.2, 0) is 0 Å². The van der Waals surface area contributed by atoms with E-state index in [1.807, 2.05) is 0 Å². The number of benzene rings is 1. The summed E-state index contributed by atoms with van der Waals surface area (Å²) in [6, 6.07) is 0.995. The predicted molar refractivity (Wildman–Crippen MR) is 39.2 cm³/mol. The van der Waals surface area contributed by atoms with Gasteiger partial charge in [-0.25, -0.2) is 4.39 Å². The fraction of sp³-hybridized carbons (Fsp3) is 0.143. The Morgan fingerprint density at radius 3 is 2.36 bits per heavy atom. The summed E-state index contributed by atoms with van der Waals surface area (Å²) < 4.78 is 51.0. The number of phenols is 1. The highest BCUT2D eigenvalue weighted by Gasteiger charge is 2.32. The molecule has 7 heteroatoms. The van der Waals surface area contributed by atoms with Crippen LogP contribution in [0.25, 0.3) is 0 Å². The molecule has 0 heterocycles. The molecule has 1 rings (SSSR count). The van der Waals surface area contributed by atoms with Crippen LogP contribution in [0.2, 0.25) is 0 Å². The van der Waals surface area contributed by atoms with E-state index >= 15 is 0 Å². The fourth-order valence-corrected chi connectivity index (χ4v) is 0.761. The third kappa shape index (κ3) is 2.41. The maximum Gasteiger partial charge on any atom is 0.573 e. The number of aromatic hydroxyl groups is 1. The lowest BCUT2D eigenvalue weighted by Gasteiger charge is -2.10. The van der Waals surface area contributed by atoms with Crippen LogP contribution in [-0.4, -0.2) is 11.5 Å². The van der Waals surface area contributed by atoms with Crippen molar-refractivity contribution in [3.05, 3.63) is 17.9 Å². The quantitative estimate of drug-likeness (QED) is 0.424. The lowest BCUT2D eigenvalue weighted by atomic mass is 10.2. The summed E-state index contributed by atoms with van der Waals surface area (Å²) in [6.07, 6.45) is -5.01. The summed E-state index contributed by atoms with van der Waals surface area (Å²) in [5.74, 6) is -3.09. The minimum absolute atomic E-state index is 0.364. The highest BCUT2D eigenvalue weighted by atomic mass is 19.4. The normalized spacial score (nSPS) is 11.4. The van der Waals surface area contributed by atoms with Gasteiger partial charge in [-0.2, -0.15) is 0 Å². The number of hydrogen-bond acceptors (Lipinski definition) is 3. The topological polar surface area (TPSA) is 55.5 Å². The van der Waals surface area contributed by atoms with Gasteiger partial charge in [-0.1, -0.05) is 0 Å². The number of phenolic OH excluding ortho intramolecular Hbond substituents is 1. The maximum absolute atomic E-state index is 12.7. The molecule has 78 valence electrons. The van der Waals surface area contributed by atoms with Crippen LogP contribution in [0.5, 0.6) is 11.5 Å². The van der Waals surface area contributed by atoms with Gasteiger partial charge in [0, 0.05) is 12.1 Å². The number of alkyl halides is 3. The molecule has 1 aromatic rings. The van der Waals surface area contributed by atoms with Crippen molar-refractivity contribution in [3.8, 4) is 11.5 Å². The van der Waals surface area contributed by atoms with E-state index < -0.39 is 23.7 Å². The van der Waals surface area contributed by atoms with Crippen molar-refractivity contribution in [2.24, 2.45) is 0 Å². The Labute approximate surface area is 75.7 Å². The van der Waals surface area contributed by atoms with Crippen molar-refractivity contribution in [3.63, 3.8) is 0 Å². The molecule has 3 N–H and O–H groups in total. The van der Waals surface area contributed by atoms with Crippen LogP contribution >= 0.6 is 0 Å². The zero-order valence-electron chi connectivity index (χ0n) is 6.60. The minimum atomic E-state index is -5.01. The minimum Gasteiger partial charge on any atom is -0.506 e. The molecule has 0 aliphatic rings. The molecule has 0 amide bonds. The van der Waals surface area contributed by atoms with Gasteiger partial charge in [-0.3, -0.25) is 0 Å². The molecule has 0 aliphatic heterocycles. The van der Waals surface area contributed by atoms with E-state index in [2.05, 4.69) is 4.74 Å². The lowest BCUT2D eigenvalue weighted by molar-refractivity contribution is -0.275. The summed E-state index contributed by atoms with van der Waals surface area (Å²) in [4.78, 5) is 0. The van der Waals surface area contributed by atoms with E-state index in [4.69, 9.17) is 10.8 Å². The molecular weight excluding hydrogens is 206 g/mol. The Hall–Kier alpha value is -1.66. The molecule has 0 spiro atoms. The highest BCUT2D eigenvalue weighted by molar-refractivity contribution is 5.55. The van der Waals surface area contributed by atoms with Gasteiger partial charge >= 0.3 is 6.36 Å². The molecule has 0 fully saturated rings. The number of nitrogen functional groups attached to an aromatic ring is 1. The second-order valence-corrected chi connectivity index (χ2v) is 2.39. The average Bonchev–Trinajstić information content (AvgIpc) is 1.97. The van der Waals surface area contributed by atoms with E-state index in [0.29, 0.717) is 12.1 Å². The van der Waals surface area contributed by atoms with Gasteiger partial charge in [0.25, 0.3) is 0 Å². The van der Waals surface area contributed by atoms with Crippen LogP contribution in [0.4, 0.5) is 23.2 Å². The van der Waals surface area contributed by atoms with Gasteiger partial charge in [0.15, 0.2) is 11.6 Å². The van der Waals surface area contributed by atoms with Crippen molar-refractivity contribution < 1.29 is 27.4 Å². The third-order valence-electron chi connectivity index (χ3n) is 1.31. The monoisotopic (exact) mass is 211 g/mol. The predicted octanol–water partition coefficient (Wildman–Crippen LogP) is 2.01. The molecule has 0 aromatic heterocycles. The molecular formula is C7H5F4NO2. The van der Waals surface area contributed by atoms with Gasteiger partial charge < -0.3 is 15.6 Å². The largest absolute Gasteiger partial charge is 0.573 e. The summed E-state index contributed by atoms with van der Waals surface area (Å²) in [5, 5.41) is 8.88. The van der Waals surface area contributed by atoms with E-state index in [0.717, 1.165) is 0 Å². The Morgan fingerprint density at radius 2 is 1.86 bits per heavy atom. The molecule has 0 saturated heterocycles. The van der Waals surface area contributed by atoms with E-state index in [1.54, 1.807) is 0 Å². The molecule has 0 aliphatic carbocycles. The second-order valence-electron chi connectivity index (χ2n) is 2.39. The first-order valence-corrected chi connectivity index (χ1v) is 3.33. The van der Waals surface area contributed by atoms with Gasteiger partial charge in [0.2, 0.25) is 0 Å². The van der Waals surface area contributed by atoms with Crippen molar-refractivity contribution in [2.45, 2.75) is 6.36 Å². The Bertz CT molecular complexity index is 350. The SMILES string of the molecule is Nc1cc(F)c(OC(F)(F)F)cc1O. The standard InChI is InChI=1S/C7H5F4NO2/c8-3-1-4(12)5(13)2-6(3)14-7(9,10)11/h1-2,13H,12H2. The van der Waals surface area contributed by atoms with E-state index in [1.165, 1.54) is 0 Å². The Kier molecular flexibility index (Phi) is 2.41. The molecule has 0 unspecified atom stereocenters. The van der Waals surface area contributed by atoms with Gasteiger partial charge in [-0.15, -0.1) is 13.2 Å². The van der Waals surface area contributed by atoms with Crippen LogP contribution in [0.3, 0.4) is 0 Å². The van der Waals surface area contributed by atoms with Crippen LogP contribution in [0.1, 0.15) is 0 Å². The van der Waals surface area contributed by atoms with Crippen LogP contribution in [0, 0.1) is 5.82 Å². The molecule has 0 saturated carbocycles. The van der Waals surface area contributed by atoms with Gasteiger partial charge in [0.1, 0.15) is 5.75 Å². The summed E-state index contributed by atoms with van der Waals surface area (Å²) in [7, 11) is 0. The van der Waals surface area contributed by atoms with Gasteiger partial charge in [-0.05, 0) is 0 Å². The second kappa shape index (κ2) is 3.24. The maximum atomic E-state index is 12.7. The average molecular weight is 211 g/mol. The first kappa shape index (κ1) is 10.4. The molecule has 14 heavy (non-hydrogen) atoms. The Morgan fingerprint density at radius 1 is 1.29 bits per heavy atom. The van der Waals surface area contributed by atoms with E-state index in [-0.39, 0.29) is 5.69 Å². The molecule has 0 atom stereocenters. The Balaban J connectivity index is 3.04. The molecule has 0 bridgehead atoms.